The second-order valence-corrected chi connectivity index (χ2v) is 7.83. The first-order valence-corrected chi connectivity index (χ1v) is 9.63. The van der Waals surface area contributed by atoms with Crippen LogP contribution in [0.3, 0.4) is 0 Å². The number of aliphatic carboxylic acids is 1. The molecule has 0 aliphatic rings. The third kappa shape index (κ3) is 7.24. The number of para-hydroxylation sites is 1. The Morgan fingerprint density at radius 3 is 2.30 bits per heavy atom. The van der Waals surface area contributed by atoms with Crippen molar-refractivity contribution in [1.29, 1.82) is 0 Å². The zero-order valence-corrected chi connectivity index (χ0v) is 17.3. The summed E-state index contributed by atoms with van der Waals surface area (Å²) in [6.07, 6.45) is -0.325. The molecule has 2 rings (SSSR count). The predicted molar refractivity (Wildman–Crippen MR) is 111 cm³/mol. The highest BCUT2D eigenvalue weighted by molar-refractivity contribution is 5.81. The molecule has 1 amide bonds. The van der Waals surface area contributed by atoms with E-state index in [0.29, 0.717) is 24.2 Å². The number of carbonyl (C=O) groups is 3. The van der Waals surface area contributed by atoms with Gasteiger partial charge in [-0.3, -0.25) is 0 Å². The van der Waals surface area contributed by atoms with Crippen molar-refractivity contribution in [3.63, 3.8) is 0 Å². The molecule has 7 heteroatoms. The lowest BCUT2D eigenvalue weighted by Gasteiger charge is -2.23. The van der Waals surface area contributed by atoms with Crippen molar-refractivity contribution in [3.05, 3.63) is 65.7 Å². The fraction of sp³-hybridized carbons (Fsp3) is 0.348. The van der Waals surface area contributed by atoms with Crippen LogP contribution in [0.2, 0.25) is 0 Å². The second-order valence-electron chi connectivity index (χ2n) is 7.83. The van der Waals surface area contributed by atoms with E-state index in [2.05, 4.69) is 5.32 Å². The molecule has 30 heavy (non-hydrogen) atoms. The predicted octanol–water partition coefficient (Wildman–Crippen LogP) is 3.92. The number of ether oxygens (including phenoxy) is 2. The number of carboxylic acid groups (broad SMARTS) is 1. The molecular weight excluding hydrogens is 386 g/mol. The highest BCUT2D eigenvalue weighted by atomic mass is 16.6. The Bertz CT molecular complexity index is 859. The summed E-state index contributed by atoms with van der Waals surface area (Å²) < 4.78 is 11.0. The number of amides is 1. The van der Waals surface area contributed by atoms with Crippen LogP contribution in [0.25, 0.3) is 0 Å². The Morgan fingerprint density at radius 2 is 1.70 bits per heavy atom. The number of carbonyl (C=O) groups excluding carboxylic acids is 2. The van der Waals surface area contributed by atoms with E-state index in [-0.39, 0.29) is 6.42 Å². The topological polar surface area (TPSA) is 102 Å². The first kappa shape index (κ1) is 22.9. The number of rotatable bonds is 9. The molecule has 2 atom stereocenters. The standard InChI is InChI=1S/C23H27NO6/c1-23(2,3)30-22(28)24-19(21(26)27)13-17(14-25)18-11-7-8-12-20(18)29-15-16-9-5-4-6-10-16/h4-12,14,17,19H,13,15H2,1-3H3,(H,24,28)(H,26,27). The average Bonchev–Trinajstić information content (AvgIpc) is 2.69. The van der Waals surface area contributed by atoms with Crippen LogP contribution < -0.4 is 10.1 Å². The molecule has 0 heterocycles. The first-order chi connectivity index (χ1) is 14.2. The molecular formula is C23H27NO6. The maximum Gasteiger partial charge on any atom is 0.408 e. The van der Waals surface area contributed by atoms with Gasteiger partial charge in [-0.25, -0.2) is 9.59 Å². The molecule has 2 aromatic carbocycles. The van der Waals surface area contributed by atoms with Gasteiger partial charge < -0.3 is 24.7 Å². The number of carboxylic acids is 1. The lowest BCUT2D eigenvalue weighted by Crippen LogP contribution is -2.44. The van der Waals surface area contributed by atoms with Crippen LogP contribution in [0, 0.1) is 0 Å². The van der Waals surface area contributed by atoms with Gasteiger partial charge in [-0.05, 0) is 38.8 Å². The summed E-state index contributed by atoms with van der Waals surface area (Å²) in [6.45, 7) is 5.34. The molecule has 2 unspecified atom stereocenters. The zero-order valence-electron chi connectivity index (χ0n) is 17.3. The smallest absolute Gasteiger partial charge is 0.408 e. The minimum atomic E-state index is -1.29. The van der Waals surface area contributed by atoms with Gasteiger partial charge in [0.15, 0.2) is 0 Å². The monoisotopic (exact) mass is 413 g/mol. The van der Waals surface area contributed by atoms with Gasteiger partial charge >= 0.3 is 12.1 Å². The van der Waals surface area contributed by atoms with Crippen molar-refractivity contribution in [1.82, 2.24) is 5.32 Å². The van der Waals surface area contributed by atoms with Crippen molar-refractivity contribution >= 4 is 18.3 Å². The van der Waals surface area contributed by atoms with E-state index in [4.69, 9.17) is 9.47 Å². The van der Waals surface area contributed by atoms with E-state index in [0.717, 1.165) is 5.56 Å². The minimum absolute atomic E-state index is 0.135. The van der Waals surface area contributed by atoms with E-state index in [1.165, 1.54) is 0 Å². The summed E-state index contributed by atoms with van der Waals surface area (Å²) in [4.78, 5) is 35.5. The zero-order chi connectivity index (χ0) is 22.1. The largest absolute Gasteiger partial charge is 0.489 e. The summed E-state index contributed by atoms with van der Waals surface area (Å²) in [5.74, 6) is -1.55. The number of hydrogen-bond donors (Lipinski definition) is 2. The van der Waals surface area contributed by atoms with Crippen molar-refractivity contribution in [3.8, 4) is 5.75 Å². The van der Waals surface area contributed by atoms with Crippen LogP contribution in [0.15, 0.2) is 54.6 Å². The van der Waals surface area contributed by atoms with Crippen molar-refractivity contribution < 1.29 is 29.0 Å². The van der Waals surface area contributed by atoms with Crippen LogP contribution in [0.5, 0.6) is 5.75 Å². The van der Waals surface area contributed by atoms with Gasteiger partial charge in [-0.15, -0.1) is 0 Å². The van der Waals surface area contributed by atoms with Gasteiger partial charge in [0.25, 0.3) is 0 Å². The normalized spacial score (nSPS) is 13.0. The van der Waals surface area contributed by atoms with Crippen molar-refractivity contribution in [2.45, 2.75) is 51.4 Å². The molecule has 160 valence electrons. The Balaban J connectivity index is 2.14. The van der Waals surface area contributed by atoms with Crippen molar-refractivity contribution in [2.75, 3.05) is 0 Å². The molecule has 0 aromatic heterocycles. The van der Waals surface area contributed by atoms with Gasteiger partial charge in [0, 0.05) is 11.5 Å². The Hall–Kier alpha value is -3.35. The molecule has 7 nitrogen and oxygen atoms in total. The highest BCUT2D eigenvalue weighted by Gasteiger charge is 2.28. The van der Waals surface area contributed by atoms with Crippen LogP contribution in [0.4, 0.5) is 4.79 Å². The lowest BCUT2D eigenvalue weighted by atomic mass is 9.92. The van der Waals surface area contributed by atoms with E-state index in [9.17, 15) is 19.5 Å². The van der Waals surface area contributed by atoms with E-state index in [1.54, 1.807) is 45.0 Å². The van der Waals surface area contributed by atoms with Gasteiger partial charge in [0.1, 0.15) is 30.3 Å². The molecule has 0 spiro atoms. The average molecular weight is 413 g/mol. The molecule has 0 fully saturated rings. The first-order valence-electron chi connectivity index (χ1n) is 9.63. The van der Waals surface area contributed by atoms with Crippen LogP contribution in [-0.2, 0) is 20.9 Å². The van der Waals surface area contributed by atoms with Crippen molar-refractivity contribution in [2.24, 2.45) is 0 Å². The van der Waals surface area contributed by atoms with Crippen LogP contribution >= 0.6 is 0 Å². The van der Waals surface area contributed by atoms with Gasteiger partial charge in [0.2, 0.25) is 0 Å². The van der Waals surface area contributed by atoms with Crippen LogP contribution in [0.1, 0.15) is 44.2 Å². The third-order valence-corrected chi connectivity index (χ3v) is 4.20. The van der Waals surface area contributed by atoms with E-state index < -0.39 is 29.6 Å². The summed E-state index contributed by atoms with van der Waals surface area (Å²) >= 11 is 0. The number of hydrogen-bond acceptors (Lipinski definition) is 5. The molecule has 0 bridgehead atoms. The molecule has 0 aliphatic carbocycles. The maximum absolute atomic E-state index is 12.0. The molecule has 2 aromatic rings. The van der Waals surface area contributed by atoms with Gasteiger partial charge in [-0.2, -0.15) is 0 Å². The lowest BCUT2D eigenvalue weighted by molar-refractivity contribution is -0.139. The minimum Gasteiger partial charge on any atom is -0.489 e. The SMILES string of the molecule is CC(C)(C)OC(=O)NC(CC(C=O)c1ccccc1OCc1ccccc1)C(=O)O. The molecule has 0 saturated carbocycles. The molecule has 0 radical (unpaired) electrons. The number of nitrogens with one attached hydrogen (secondary N) is 1. The molecule has 0 saturated heterocycles. The summed E-state index contributed by atoms with van der Waals surface area (Å²) in [6, 6.07) is 15.2. The number of aldehydes is 1. The Labute approximate surface area is 176 Å². The summed E-state index contributed by atoms with van der Waals surface area (Å²) in [5.41, 5.74) is 0.750. The van der Waals surface area contributed by atoms with Crippen LogP contribution in [-0.4, -0.2) is 35.1 Å². The quantitative estimate of drug-likeness (QED) is 0.604. The summed E-state index contributed by atoms with van der Waals surface area (Å²) in [7, 11) is 0. The molecule has 0 aliphatic heterocycles. The van der Waals surface area contributed by atoms with E-state index in [1.807, 2.05) is 30.3 Å². The fourth-order valence-corrected chi connectivity index (χ4v) is 2.83. The maximum atomic E-state index is 12.0. The third-order valence-electron chi connectivity index (χ3n) is 4.20. The fourth-order valence-electron chi connectivity index (χ4n) is 2.83. The number of alkyl carbamates (subject to hydrolysis) is 1. The second kappa shape index (κ2) is 10.4. The van der Waals surface area contributed by atoms with Gasteiger partial charge in [-0.1, -0.05) is 48.5 Å². The number of benzene rings is 2. The van der Waals surface area contributed by atoms with E-state index >= 15 is 0 Å². The highest BCUT2D eigenvalue weighted by Crippen LogP contribution is 2.29. The van der Waals surface area contributed by atoms with Gasteiger partial charge in [0.05, 0.1) is 0 Å². The Morgan fingerprint density at radius 1 is 1.07 bits per heavy atom. The molecule has 2 N–H and O–H groups in total. The summed E-state index contributed by atoms with van der Waals surface area (Å²) in [5, 5.41) is 11.8. The Kier molecular flexibility index (Phi) is 7.98.